The van der Waals surface area contributed by atoms with E-state index in [1.54, 1.807) is 0 Å². The van der Waals surface area contributed by atoms with Crippen molar-refractivity contribution in [1.29, 1.82) is 0 Å². The maximum Gasteiger partial charge on any atom is 0.307 e. The van der Waals surface area contributed by atoms with Crippen LogP contribution in [-0.2, 0) is 20.9 Å². The first-order valence-electron chi connectivity index (χ1n) is 8.29. The van der Waals surface area contributed by atoms with Crippen molar-refractivity contribution in [2.75, 3.05) is 5.32 Å². The highest BCUT2D eigenvalue weighted by Gasteiger charge is 2.29. The number of para-hydroxylation sites is 1. The normalized spacial score (nSPS) is 15.7. The summed E-state index contributed by atoms with van der Waals surface area (Å²) in [5.74, 6) is -0.143. The number of hydrogen-bond acceptors (Lipinski definition) is 7. The van der Waals surface area contributed by atoms with Crippen LogP contribution < -0.4 is 5.32 Å². The van der Waals surface area contributed by atoms with E-state index >= 15 is 0 Å². The molecule has 27 heavy (non-hydrogen) atoms. The molecule has 8 heteroatoms. The van der Waals surface area contributed by atoms with Gasteiger partial charge in [0.15, 0.2) is 6.61 Å². The highest BCUT2D eigenvalue weighted by atomic mass is 32.2. The number of anilines is 1. The molecule has 1 aromatic heterocycles. The van der Waals surface area contributed by atoms with Crippen molar-refractivity contribution in [1.82, 2.24) is 10.2 Å². The highest BCUT2D eigenvalue weighted by molar-refractivity contribution is 8.01. The molecule has 1 aliphatic heterocycles. The third-order valence-electron chi connectivity index (χ3n) is 3.90. The van der Waals surface area contributed by atoms with Crippen LogP contribution in [0.25, 0.3) is 11.5 Å². The molecule has 0 aliphatic carbocycles. The standard InChI is InChI=1S/C19H15N3O4S/c23-17(10-15-18(24)20-13-8-4-5-9-14(13)27-15)25-11-16-21-22-19(26-16)12-6-2-1-3-7-12/h1-9,15H,10-11H2,(H,20,24)/t15-/m1/s1. The maximum absolute atomic E-state index is 12.1. The predicted octanol–water partition coefficient (Wildman–Crippen LogP) is 3.28. The van der Waals surface area contributed by atoms with Crippen molar-refractivity contribution in [3.05, 3.63) is 60.5 Å². The number of rotatable bonds is 5. The fourth-order valence-corrected chi connectivity index (χ4v) is 3.68. The minimum absolute atomic E-state index is 0.0372. The molecule has 0 bridgehead atoms. The fourth-order valence-electron chi connectivity index (χ4n) is 2.59. The molecule has 0 fully saturated rings. The Morgan fingerprint density at radius 1 is 1.11 bits per heavy atom. The third-order valence-corrected chi connectivity index (χ3v) is 5.18. The Kier molecular flexibility index (Phi) is 4.88. The van der Waals surface area contributed by atoms with Crippen molar-refractivity contribution in [2.24, 2.45) is 0 Å². The summed E-state index contributed by atoms with van der Waals surface area (Å²) in [6.07, 6.45) is -0.0372. The van der Waals surface area contributed by atoms with Crippen molar-refractivity contribution in [2.45, 2.75) is 23.2 Å². The Bertz CT molecular complexity index is 974. The van der Waals surface area contributed by atoms with Crippen molar-refractivity contribution < 1.29 is 18.7 Å². The van der Waals surface area contributed by atoms with Gasteiger partial charge in [-0.05, 0) is 24.3 Å². The predicted molar refractivity (Wildman–Crippen MR) is 98.9 cm³/mol. The zero-order valence-electron chi connectivity index (χ0n) is 14.1. The van der Waals surface area contributed by atoms with Crippen molar-refractivity contribution in [3.63, 3.8) is 0 Å². The lowest BCUT2D eigenvalue weighted by molar-refractivity contribution is -0.146. The van der Waals surface area contributed by atoms with Gasteiger partial charge in [-0.15, -0.1) is 22.0 Å². The molecule has 0 saturated heterocycles. The molecule has 0 spiro atoms. The molecule has 136 valence electrons. The van der Waals surface area contributed by atoms with E-state index in [4.69, 9.17) is 9.15 Å². The van der Waals surface area contributed by atoms with Crippen LogP contribution in [0.4, 0.5) is 5.69 Å². The van der Waals surface area contributed by atoms with E-state index in [-0.39, 0.29) is 24.8 Å². The van der Waals surface area contributed by atoms with Gasteiger partial charge in [0.05, 0.1) is 17.4 Å². The summed E-state index contributed by atoms with van der Waals surface area (Å²) in [6.45, 7) is -0.131. The Hall–Kier alpha value is -3.13. The molecule has 2 heterocycles. The smallest absolute Gasteiger partial charge is 0.307 e. The van der Waals surface area contributed by atoms with E-state index in [1.807, 2.05) is 54.6 Å². The summed E-state index contributed by atoms with van der Waals surface area (Å²) in [5, 5.41) is 10.1. The van der Waals surface area contributed by atoms with Gasteiger partial charge in [0, 0.05) is 10.5 Å². The monoisotopic (exact) mass is 381 g/mol. The van der Waals surface area contributed by atoms with E-state index in [2.05, 4.69) is 15.5 Å². The van der Waals surface area contributed by atoms with Crippen LogP contribution in [0.15, 0.2) is 63.9 Å². The minimum atomic E-state index is -0.532. The average molecular weight is 381 g/mol. The zero-order chi connectivity index (χ0) is 18.6. The number of aromatic nitrogens is 2. The first-order chi connectivity index (χ1) is 13.2. The first kappa shape index (κ1) is 17.3. The average Bonchev–Trinajstić information content (AvgIpc) is 3.17. The van der Waals surface area contributed by atoms with Gasteiger partial charge in [-0.3, -0.25) is 9.59 Å². The number of esters is 1. The van der Waals surface area contributed by atoms with Crippen LogP contribution in [-0.4, -0.2) is 27.3 Å². The lowest BCUT2D eigenvalue weighted by Crippen LogP contribution is -2.31. The number of carbonyl (C=O) groups excluding carboxylic acids is 2. The number of nitrogens with one attached hydrogen (secondary N) is 1. The summed E-state index contributed by atoms with van der Waals surface area (Å²) >= 11 is 1.35. The second-order valence-electron chi connectivity index (χ2n) is 5.82. The van der Waals surface area contributed by atoms with Crippen LogP contribution in [0.3, 0.4) is 0 Å². The molecule has 1 N–H and O–H groups in total. The minimum Gasteiger partial charge on any atom is -0.456 e. The molecule has 4 rings (SSSR count). The van der Waals surface area contributed by atoms with Gasteiger partial charge in [-0.2, -0.15) is 0 Å². The summed E-state index contributed by atoms with van der Waals surface area (Å²) < 4.78 is 10.7. The largest absolute Gasteiger partial charge is 0.456 e. The number of fused-ring (bicyclic) bond motifs is 1. The second-order valence-corrected chi connectivity index (χ2v) is 7.07. The van der Waals surface area contributed by atoms with Crippen molar-refractivity contribution in [3.8, 4) is 11.5 Å². The molecule has 1 atom stereocenters. The number of ether oxygens (including phenoxy) is 1. The summed E-state index contributed by atoms with van der Waals surface area (Å²) in [7, 11) is 0. The number of hydrogen-bond donors (Lipinski definition) is 1. The fraction of sp³-hybridized carbons (Fsp3) is 0.158. The first-order valence-corrected chi connectivity index (χ1v) is 9.17. The molecule has 2 aromatic carbocycles. The number of thioether (sulfide) groups is 1. The van der Waals surface area contributed by atoms with Gasteiger partial charge in [-0.1, -0.05) is 30.3 Å². The highest BCUT2D eigenvalue weighted by Crippen LogP contribution is 2.36. The van der Waals surface area contributed by atoms with Gasteiger partial charge in [-0.25, -0.2) is 0 Å². The lowest BCUT2D eigenvalue weighted by atomic mass is 10.2. The molecule has 0 unspecified atom stereocenters. The molecular formula is C19H15N3O4S. The maximum atomic E-state index is 12.1. The Morgan fingerprint density at radius 3 is 2.74 bits per heavy atom. The quantitative estimate of drug-likeness (QED) is 0.678. The van der Waals surface area contributed by atoms with E-state index in [9.17, 15) is 9.59 Å². The second kappa shape index (κ2) is 7.63. The molecular weight excluding hydrogens is 366 g/mol. The van der Waals surface area contributed by atoms with Gasteiger partial charge in [0.2, 0.25) is 11.8 Å². The van der Waals surface area contributed by atoms with Crippen molar-refractivity contribution >= 4 is 29.3 Å². The summed E-state index contributed by atoms with van der Waals surface area (Å²) in [5.41, 5.74) is 1.55. The van der Waals surface area contributed by atoms with E-state index in [1.165, 1.54) is 11.8 Å². The summed E-state index contributed by atoms with van der Waals surface area (Å²) in [4.78, 5) is 25.2. The molecule has 1 amide bonds. The lowest BCUT2D eigenvalue weighted by Gasteiger charge is -2.23. The third kappa shape index (κ3) is 4.01. The van der Waals surface area contributed by atoms with Crippen LogP contribution in [0.1, 0.15) is 12.3 Å². The zero-order valence-corrected chi connectivity index (χ0v) is 14.9. The van der Waals surface area contributed by atoms with E-state index in [0.717, 1.165) is 16.1 Å². The van der Waals surface area contributed by atoms with Crippen LogP contribution in [0, 0.1) is 0 Å². The summed E-state index contributed by atoms with van der Waals surface area (Å²) in [6, 6.07) is 16.8. The van der Waals surface area contributed by atoms with Gasteiger partial charge < -0.3 is 14.5 Å². The Balaban J connectivity index is 1.33. The number of amides is 1. The number of benzene rings is 2. The molecule has 1 aliphatic rings. The number of nitrogens with zero attached hydrogens (tertiary/aromatic N) is 2. The number of carbonyl (C=O) groups is 2. The van der Waals surface area contributed by atoms with Crippen LogP contribution >= 0.6 is 11.8 Å². The molecule has 3 aromatic rings. The van der Waals surface area contributed by atoms with Crippen LogP contribution in [0.5, 0.6) is 0 Å². The van der Waals surface area contributed by atoms with Gasteiger partial charge in [0.1, 0.15) is 0 Å². The van der Waals surface area contributed by atoms with E-state index in [0.29, 0.717) is 5.89 Å². The van der Waals surface area contributed by atoms with Crippen LogP contribution in [0.2, 0.25) is 0 Å². The van der Waals surface area contributed by atoms with Gasteiger partial charge in [0.25, 0.3) is 5.89 Å². The molecule has 0 radical (unpaired) electrons. The SMILES string of the molecule is O=C(C[C@H]1Sc2ccccc2NC1=O)OCc1nnc(-c2ccccc2)o1. The topological polar surface area (TPSA) is 94.3 Å². The van der Waals surface area contributed by atoms with Gasteiger partial charge >= 0.3 is 5.97 Å². The molecule has 0 saturated carbocycles. The van der Waals surface area contributed by atoms with E-state index < -0.39 is 11.2 Å². The molecule has 7 nitrogen and oxygen atoms in total. The Morgan fingerprint density at radius 2 is 1.89 bits per heavy atom. The Labute approximate surface area is 159 Å².